The third-order valence-corrected chi connectivity index (χ3v) is 5.73. The molecule has 2 rings (SSSR count). The predicted molar refractivity (Wildman–Crippen MR) is 104 cm³/mol. The second-order valence-corrected chi connectivity index (χ2v) is 7.81. The lowest BCUT2D eigenvalue weighted by atomic mass is 10.1. The second kappa shape index (κ2) is 11.8. The number of rotatable bonds is 13. The molecule has 8 heteroatoms. The van der Waals surface area contributed by atoms with Crippen molar-refractivity contribution in [1.29, 1.82) is 0 Å². The lowest BCUT2D eigenvalue weighted by Gasteiger charge is -2.25. The monoisotopic (exact) mass is 396 g/mol. The molecule has 1 saturated heterocycles. The molecule has 2 heterocycles. The molecule has 27 heavy (non-hydrogen) atoms. The Bertz CT molecular complexity index is 587. The molecule has 0 radical (unpaired) electrons. The van der Waals surface area contributed by atoms with Gasteiger partial charge in [-0.1, -0.05) is 19.3 Å². The van der Waals surface area contributed by atoms with Gasteiger partial charge in [-0.2, -0.15) is 0 Å². The summed E-state index contributed by atoms with van der Waals surface area (Å²) in [4.78, 5) is 28.4. The minimum absolute atomic E-state index is 0.122. The van der Waals surface area contributed by atoms with Crippen molar-refractivity contribution in [2.45, 2.75) is 56.4 Å². The van der Waals surface area contributed by atoms with Crippen LogP contribution in [-0.2, 0) is 9.59 Å². The van der Waals surface area contributed by atoms with E-state index in [4.69, 9.17) is 9.84 Å². The van der Waals surface area contributed by atoms with Gasteiger partial charge in [0.05, 0.1) is 23.4 Å². The summed E-state index contributed by atoms with van der Waals surface area (Å²) in [5.41, 5.74) is 0. The second-order valence-electron chi connectivity index (χ2n) is 6.64. The van der Waals surface area contributed by atoms with Crippen LogP contribution in [0.1, 0.15) is 44.9 Å². The maximum Gasteiger partial charge on any atom is 0.303 e. The first-order valence-electron chi connectivity index (χ1n) is 9.40. The number of pyridine rings is 1. The Kier molecular flexibility index (Phi) is 9.41. The number of carbonyl (C=O) groups is 2. The smallest absolute Gasteiger partial charge is 0.303 e. The summed E-state index contributed by atoms with van der Waals surface area (Å²) in [7, 11) is 0. The standard InChI is InChI=1S/C19H28N2O5S/c22-15(13-26-16-6-5-10-20-12-16)9-11-21-17(23)14-27-18(21)7-3-1-2-4-8-19(24)25/h5-6,10,12,15,18,22H,1-4,7-9,11,13-14H2,(H,24,25). The van der Waals surface area contributed by atoms with Crippen molar-refractivity contribution in [3.8, 4) is 5.75 Å². The molecule has 2 atom stereocenters. The number of unbranched alkanes of at least 4 members (excludes halogenated alkanes) is 3. The maximum atomic E-state index is 12.1. The first kappa shape index (κ1) is 21.5. The lowest BCUT2D eigenvalue weighted by molar-refractivity contribution is -0.137. The topological polar surface area (TPSA) is 100.0 Å². The molecule has 1 aromatic heterocycles. The molecule has 0 bridgehead atoms. The zero-order valence-electron chi connectivity index (χ0n) is 15.5. The van der Waals surface area contributed by atoms with Gasteiger partial charge in [0, 0.05) is 19.2 Å². The zero-order chi connectivity index (χ0) is 19.5. The number of carboxylic acids is 1. The molecule has 7 nitrogen and oxygen atoms in total. The number of hydrogen-bond acceptors (Lipinski definition) is 6. The fraction of sp³-hybridized carbons (Fsp3) is 0.632. The Morgan fingerprint density at radius 2 is 2.19 bits per heavy atom. The third kappa shape index (κ3) is 8.17. The number of nitrogens with zero attached hydrogens (tertiary/aromatic N) is 2. The lowest BCUT2D eigenvalue weighted by Crippen LogP contribution is -2.36. The molecule has 2 N–H and O–H groups in total. The molecule has 0 saturated carbocycles. The number of carbonyl (C=O) groups excluding carboxylic acids is 1. The number of aliphatic hydroxyl groups is 1. The molecular weight excluding hydrogens is 368 g/mol. The van der Waals surface area contributed by atoms with Gasteiger partial charge in [0.2, 0.25) is 5.91 Å². The average Bonchev–Trinajstić information content (AvgIpc) is 3.01. The molecule has 0 aromatic carbocycles. The Morgan fingerprint density at radius 1 is 1.37 bits per heavy atom. The first-order chi connectivity index (χ1) is 13.1. The number of hydrogen-bond donors (Lipinski definition) is 2. The highest BCUT2D eigenvalue weighted by atomic mass is 32.2. The van der Waals surface area contributed by atoms with Crippen molar-refractivity contribution in [3.63, 3.8) is 0 Å². The summed E-state index contributed by atoms with van der Waals surface area (Å²) >= 11 is 1.65. The Labute approximate surface area is 164 Å². The van der Waals surface area contributed by atoms with Crippen LogP contribution in [0, 0.1) is 0 Å². The number of aliphatic carboxylic acids is 1. The summed E-state index contributed by atoms with van der Waals surface area (Å²) in [6.07, 6.45) is 7.80. The Morgan fingerprint density at radius 3 is 2.93 bits per heavy atom. The Balaban J connectivity index is 1.63. The van der Waals surface area contributed by atoms with Crippen LogP contribution in [0.15, 0.2) is 24.5 Å². The van der Waals surface area contributed by atoms with Crippen molar-refractivity contribution in [2.75, 3.05) is 18.9 Å². The van der Waals surface area contributed by atoms with E-state index < -0.39 is 12.1 Å². The number of thioether (sulfide) groups is 1. The van der Waals surface area contributed by atoms with Gasteiger partial charge >= 0.3 is 5.97 Å². The highest BCUT2D eigenvalue weighted by molar-refractivity contribution is 8.00. The van der Waals surface area contributed by atoms with Crippen molar-refractivity contribution in [1.82, 2.24) is 9.88 Å². The first-order valence-corrected chi connectivity index (χ1v) is 10.4. The van der Waals surface area contributed by atoms with E-state index in [2.05, 4.69) is 4.98 Å². The van der Waals surface area contributed by atoms with E-state index >= 15 is 0 Å². The van der Waals surface area contributed by atoms with Gasteiger partial charge in [-0.3, -0.25) is 14.6 Å². The summed E-state index contributed by atoms with van der Waals surface area (Å²) in [5.74, 6) is 0.483. The SMILES string of the molecule is O=C(O)CCCCCCC1SCC(=O)N1CCC(O)COc1cccnc1. The van der Waals surface area contributed by atoms with Crippen molar-refractivity contribution >= 4 is 23.6 Å². The van der Waals surface area contributed by atoms with Gasteiger partial charge in [-0.25, -0.2) is 0 Å². The average molecular weight is 397 g/mol. The molecule has 1 amide bonds. The number of ether oxygens (including phenoxy) is 1. The van der Waals surface area contributed by atoms with E-state index in [-0.39, 0.29) is 24.3 Å². The van der Waals surface area contributed by atoms with E-state index in [0.717, 1.165) is 25.7 Å². The molecule has 1 aliphatic heterocycles. The minimum Gasteiger partial charge on any atom is -0.489 e. The number of aromatic nitrogens is 1. The van der Waals surface area contributed by atoms with Gasteiger partial charge in [-0.05, 0) is 31.4 Å². The van der Waals surface area contributed by atoms with Crippen LogP contribution in [0.4, 0.5) is 0 Å². The molecule has 1 aromatic rings. The highest BCUT2D eigenvalue weighted by Crippen LogP contribution is 2.29. The number of amides is 1. The van der Waals surface area contributed by atoms with E-state index in [1.54, 1.807) is 36.3 Å². The fourth-order valence-corrected chi connectivity index (χ4v) is 4.19. The molecule has 0 spiro atoms. The zero-order valence-corrected chi connectivity index (χ0v) is 16.3. The molecule has 150 valence electrons. The number of carboxylic acid groups (broad SMARTS) is 1. The summed E-state index contributed by atoms with van der Waals surface area (Å²) < 4.78 is 5.49. The van der Waals surface area contributed by atoms with Crippen LogP contribution in [0.5, 0.6) is 5.75 Å². The van der Waals surface area contributed by atoms with E-state index in [1.807, 2.05) is 4.90 Å². The van der Waals surface area contributed by atoms with Gasteiger partial charge in [-0.15, -0.1) is 11.8 Å². The van der Waals surface area contributed by atoms with Crippen LogP contribution < -0.4 is 4.74 Å². The maximum absolute atomic E-state index is 12.1. The summed E-state index contributed by atoms with van der Waals surface area (Å²) in [6, 6.07) is 3.56. The fourth-order valence-electron chi connectivity index (χ4n) is 2.95. The van der Waals surface area contributed by atoms with Gasteiger partial charge in [0.25, 0.3) is 0 Å². The van der Waals surface area contributed by atoms with Crippen LogP contribution >= 0.6 is 11.8 Å². The van der Waals surface area contributed by atoms with Crippen molar-refractivity contribution in [3.05, 3.63) is 24.5 Å². The Hall–Kier alpha value is -1.80. The molecular formula is C19H28N2O5S. The summed E-state index contributed by atoms with van der Waals surface area (Å²) in [5, 5.41) is 18.9. The largest absolute Gasteiger partial charge is 0.489 e. The molecule has 2 unspecified atom stereocenters. The van der Waals surface area contributed by atoms with Crippen molar-refractivity contribution in [2.24, 2.45) is 0 Å². The highest BCUT2D eigenvalue weighted by Gasteiger charge is 2.31. The van der Waals surface area contributed by atoms with Crippen LogP contribution in [0.25, 0.3) is 0 Å². The molecule has 1 fully saturated rings. The van der Waals surface area contributed by atoms with Gasteiger partial charge < -0.3 is 19.8 Å². The van der Waals surface area contributed by atoms with E-state index in [1.165, 1.54) is 0 Å². The van der Waals surface area contributed by atoms with Crippen molar-refractivity contribution < 1.29 is 24.5 Å². The quantitative estimate of drug-likeness (QED) is 0.494. The van der Waals surface area contributed by atoms with Crippen LogP contribution in [0.3, 0.4) is 0 Å². The molecule has 1 aliphatic rings. The van der Waals surface area contributed by atoms with E-state index in [9.17, 15) is 14.7 Å². The van der Waals surface area contributed by atoms with Gasteiger partial charge in [0.15, 0.2) is 0 Å². The van der Waals surface area contributed by atoms with Crippen LogP contribution in [0.2, 0.25) is 0 Å². The van der Waals surface area contributed by atoms with E-state index in [0.29, 0.717) is 30.9 Å². The number of aliphatic hydroxyl groups excluding tert-OH is 1. The third-order valence-electron chi connectivity index (χ3n) is 4.44. The predicted octanol–water partition coefficient (Wildman–Crippen LogP) is 2.54. The van der Waals surface area contributed by atoms with Gasteiger partial charge in [0.1, 0.15) is 12.4 Å². The normalized spacial score (nSPS) is 17.9. The minimum atomic E-state index is -0.746. The van der Waals surface area contributed by atoms with Crippen LogP contribution in [-0.4, -0.2) is 62.4 Å². The summed E-state index contributed by atoms with van der Waals surface area (Å²) in [6.45, 7) is 0.697. The molecule has 0 aliphatic carbocycles.